The Balaban J connectivity index is 1.42. The van der Waals surface area contributed by atoms with Crippen LogP contribution in [0.15, 0.2) is 60.7 Å². The summed E-state index contributed by atoms with van der Waals surface area (Å²) < 4.78 is 27.3. The minimum Gasteiger partial charge on any atom is -0.497 e. The summed E-state index contributed by atoms with van der Waals surface area (Å²) in [6.45, 7) is 2.55. The number of hydrogen-bond acceptors (Lipinski definition) is 4. The normalized spacial score (nSPS) is 16.5. The smallest absolute Gasteiger partial charge is 0.329 e. The van der Waals surface area contributed by atoms with Gasteiger partial charge in [-0.3, -0.25) is 4.79 Å². The number of carboxylic acid groups (broad SMARTS) is 1. The Morgan fingerprint density at radius 1 is 1.07 bits per heavy atom. The van der Waals surface area contributed by atoms with Gasteiger partial charge in [0.15, 0.2) is 0 Å². The Hall–Kier alpha value is -4.33. The van der Waals surface area contributed by atoms with Crippen LogP contribution in [0.1, 0.15) is 66.4 Å². The maximum Gasteiger partial charge on any atom is 0.329 e. The lowest BCUT2D eigenvalue weighted by Crippen LogP contribution is -2.53. The predicted molar refractivity (Wildman–Crippen MR) is 159 cm³/mol. The molecule has 1 aliphatic carbocycles. The van der Waals surface area contributed by atoms with Crippen LogP contribution in [-0.2, 0) is 17.8 Å². The second kappa shape index (κ2) is 11.2. The van der Waals surface area contributed by atoms with Gasteiger partial charge in [0.05, 0.1) is 19.3 Å². The zero-order valence-electron chi connectivity index (χ0n) is 23.9. The van der Waals surface area contributed by atoms with E-state index in [-0.39, 0.29) is 6.42 Å². The van der Waals surface area contributed by atoms with E-state index in [1.807, 2.05) is 24.3 Å². The summed E-state index contributed by atoms with van der Waals surface area (Å²) in [6, 6.07) is 17.2. The summed E-state index contributed by atoms with van der Waals surface area (Å²) in [6.07, 6.45) is 5.85. The summed E-state index contributed by atoms with van der Waals surface area (Å²) in [5.74, 6) is -0.131. The molecule has 3 aromatic carbocycles. The number of rotatable bonds is 7. The first-order valence-corrected chi connectivity index (χ1v) is 14.5. The van der Waals surface area contributed by atoms with Crippen molar-refractivity contribution in [1.82, 2.24) is 9.88 Å². The number of nitrogens with one attached hydrogen (secondary N) is 1. The second-order valence-electron chi connectivity index (χ2n) is 11.6. The van der Waals surface area contributed by atoms with Crippen molar-refractivity contribution in [1.29, 1.82) is 0 Å². The highest BCUT2D eigenvalue weighted by Gasteiger charge is 2.36. The molecule has 4 aromatic rings. The van der Waals surface area contributed by atoms with Crippen LogP contribution in [0.4, 0.5) is 4.39 Å². The highest BCUT2D eigenvalue weighted by atomic mass is 19.1. The number of halogens is 1. The predicted octanol–water partition coefficient (Wildman–Crippen LogP) is 6.71. The van der Waals surface area contributed by atoms with Crippen LogP contribution in [0.5, 0.6) is 11.5 Å². The topological polar surface area (TPSA) is 89.8 Å². The molecule has 1 atom stereocenters. The molecule has 0 saturated heterocycles. The van der Waals surface area contributed by atoms with E-state index in [0.29, 0.717) is 30.2 Å². The van der Waals surface area contributed by atoms with Gasteiger partial charge in [-0.2, -0.15) is 0 Å². The van der Waals surface area contributed by atoms with Crippen molar-refractivity contribution in [3.8, 4) is 22.8 Å². The Morgan fingerprint density at radius 3 is 2.55 bits per heavy atom. The van der Waals surface area contributed by atoms with Gasteiger partial charge in [-0.05, 0) is 73.2 Å². The first-order chi connectivity index (χ1) is 20.3. The number of ether oxygens (including phenoxy) is 2. The van der Waals surface area contributed by atoms with E-state index in [0.717, 1.165) is 46.5 Å². The largest absolute Gasteiger partial charge is 0.497 e. The SMILES string of the molecule is COc1ccc2c(c1)OCCn1c-2c(C2CCCCC2)c2ccc(C(=O)N[C@@](C)(Cc3ccc(F)cc3)C(=O)O)cc21. The zero-order valence-corrected chi connectivity index (χ0v) is 23.9. The van der Waals surface area contributed by atoms with E-state index in [9.17, 15) is 19.1 Å². The first kappa shape index (κ1) is 27.8. The molecular formula is C34H35FN2O5. The molecule has 0 bridgehead atoms. The number of amides is 1. The molecule has 0 unspecified atom stereocenters. The molecule has 7 nitrogen and oxygen atoms in total. The molecule has 1 amide bonds. The summed E-state index contributed by atoms with van der Waals surface area (Å²) in [4.78, 5) is 25.9. The third-order valence-corrected chi connectivity index (χ3v) is 8.73. The van der Waals surface area contributed by atoms with E-state index in [1.54, 1.807) is 13.2 Å². The van der Waals surface area contributed by atoms with Crippen LogP contribution in [0.3, 0.4) is 0 Å². The number of aromatic nitrogens is 1. The first-order valence-electron chi connectivity index (χ1n) is 14.5. The molecule has 2 N–H and O–H groups in total. The number of carboxylic acids is 1. The molecule has 0 radical (unpaired) electrons. The van der Waals surface area contributed by atoms with Crippen molar-refractivity contribution in [3.05, 3.63) is 83.2 Å². The van der Waals surface area contributed by atoms with Gasteiger partial charge in [-0.15, -0.1) is 0 Å². The molecule has 2 heterocycles. The number of benzene rings is 3. The number of hydrogen-bond donors (Lipinski definition) is 2. The van der Waals surface area contributed by atoms with Crippen molar-refractivity contribution in [2.75, 3.05) is 13.7 Å². The minimum atomic E-state index is -1.58. The molecule has 1 fully saturated rings. The van der Waals surface area contributed by atoms with Crippen molar-refractivity contribution in [2.24, 2.45) is 0 Å². The quantitative estimate of drug-likeness (QED) is 0.258. The van der Waals surface area contributed by atoms with E-state index in [2.05, 4.69) is 16.0 Å². The number of fused-ring (bicyclic) bond motifs is 5. The maximum atomic E-state index is 13.6. The highest BCUT2D eigenvalue weighted by Crippen LogP contribution is 2.47. The Bertz CT molecular complexity index is 1650. The molecule has 42 heavy (non-hydrogen) atoms. The van der Waals surface area contributed by atoms with Crippen molar-refractivity contribution >= 4 is 22.8 Å². The van der Waals surface area contributed by atoms with E-state index in [1.165, 1.54) is 56.0 Å². The minimum absolute atomic E-state index is 0.0144. The lowest BCUT2D eigenvalue weighted by atomic mass is 9.81. The summed E-state index contributed by atoms with van der Waals surface area (Å²) in [5, 5.41) is 13.9. The molecule has 1 aromatic heterocycles. The fourth-order valence-corrected chi connectivity index (χ4v) is 6.54. The lowest BCUT2D eigenvalue weighted by molar-refractivity contribution is -0.143. The Kier molecular flexibility index (Phi) is 7.39. The van der Waals surface area contributed by atoms with Crippen molar-refractivity contribution in [2.45, 2.75) is 63.5 Å². The number of methoxy groups -OCH3 is 1. The van der Waals surface area contributed by atoms with Crippen LogP contribution in [0.25, 0.3) is 22.2 Å². The van der Waals surface area contributed by atoms with Gasteiger partial charge in [0.2, 0.25) is 0 Å². The summed E-state index contributed by atoms with van der Waals surface area (Å²) in [7, 11) is 1.64. The Morgan fingerprint density at radius 2 is 1.83 bits per heavy atom. The van der Waals surface area contributed by atoms with Crippen LogP contribution in [0, 0.1) is 5.82 Å². The third kappa shape index (κ3) is 5.10. The second-order valence-corrected chi connectivity index (χ2v) is 11.6. The van der Waals surface area contributed by atoms with Gasteiger partial charge < -0.3 is 24.5 Å². The number of aliphatic carboxylic acids is 1. The average Bonchev–Trinajstić information content (AvgIpc) is 3.19. The average molecular weight is 571 g/mol. The standard InChI is InChI=1S/C34H35FN2O5/c1-34(33(39)40,20-21-8-11-24(35)12-9-21)36-32(38)23-10-14-26-28(18-23)37-16-17-42-29-19-25(41-2)13-15-27(29)31(37)30(26)22-6-4-3-5-7-22/h8-15,18-19,22H,3-7,16-17,20H2,1-2H3,(H,36,38)(H,39,40)/t34-/m0/s1. The van der Waals surface area contributed by atoms with Gasteiger partial charge in [0.25, 0.3) is 5.91 Å². The number of nitrogens with zero attached hydrogens (tertiary/aromatic N) is 1. The molecule has 8 heteroatoms. The number of carbonyl (C=O) groups excluding carboxylic acids is 1. The molecule has 1 saturated carbocycles. The van der Waals surface area contributed by atoms with Crippen molar-refractivity contribution in [3.63, 3.8) is 0 Å². The van der Waals surface area contributed by atoms with Crippen LogP contribution >= 0.6 is 0 Å². The van der Waals surface area contributed by atoms with Gasteiger partial charge in [-0.25, -0.2) is 9.18 Å². The number of carbonyl (C=O) groups is 2. The van der Waals surface area contributed by atoms with Gasteiger partial charge in [0, 0.05) is 34.5 Å². The van der Waals surface area contributed by atoms with Crippen LogP contribution in [-0.4, -0.2) is 40.8 Å². The zero-order chi connectivity index (χ0) is 29.4. The molecular weight excluding hydrogens is 535 g/mol. The van der Waals surface area contributed by atoms with Crippen LogP contribution < -0.4 is 14.8 Å². The van der Waals surface area contributed by atoms with Crippen LogP contribution in [0.2, 0.25) is 0 Å². The molecule has 0 spiro atoms. The fourth-order valence-electron chi connectivity index (χ4n) is 6.54. The van der Waals surface area contributed by atoms with E-state index >= 15 is 0 Å². The van der Waals surface area contributed by atoms with Gasteiger partial charge in [0.1, 0.15) is 29.5 Å². The molecule has 6 rings (SSSR count). The van der Waals surface area contributed by atoms with Gasteiger partial charge >= 0.3 is 5.97 Å². The summed E-state index contributed by atoms with van der Waals surface area (Å²) >= 11 is 0. The lowest BCUT2D eigenvalue weighted by Gasteiger charge is -2.26. The Labute approximate surface area is 244 Å². The highest BCUT2D eigenvalue weighted by molar-refractivity contribution is 6.03. The van der Waals surface area contributed by atoms with E-state index < -0.39 is 23.2 Å². The summed E-state index contributed by atoms with van der Waals surface area (Å²) in [5.41, 5.74) is 3.76. The van der Waals surface area contributed by atoms with E-state index in [4.69, 9.17) is 9.47 Å². The molecule has 1 aliphatic heterocycles. The molecule has 2 aliphatic rings. The maximum absolute atomic E-state index is 13.6. The third-order valence-electron chi connectivity index (χ3n) is 8.73. The molecule has 218 valence electrons. The van der Waals surface area contributed by atoms with Gasteiger partial charge in [-0.1, -0.05) is 37.5 Å². The fraction of sp³-hybridized carbons (Fsp3) is 0.353. The van der Waals surface area contributed by atoms with Crippen molar-refractivity contribution < 1.29 is 28.6 Å². The monoisotopic (exact) mass is 570 g/mol.